The van der Waals surface area contributed by atoms with E-state index >= 15 is 0 Å². The number of halogens is 1. The van der Waals surface area contributed by atoms with Crippen LogP contribution in [0.4, 0.5) is 0 Å². The molecule has 2 rings (SSSR count). The Morgan fingerprint density at radius 2 is 1.83 bits per heavy atom. The first-order valence-electron chi connectivity index (χ1n) is 7.17. The Bertz CT molecular complexity index is 819. The Kier molecular flexibility index (Phi) is 5.70. The molecule has 0 aromatic heterocycles. The van der Waals surface area contributed by atoms with Gasteiger partial charge in [-0.25, -0.2) is 13.1 Å². The molecule has 0 saturated heterocycles. The zero-order chi connectivity index (χ0) is 17.2. The highest BCUT2D eigenvalue weighted by Gasteiger charge is 2.20. The van der Waals surface area contributed by atoms with Crippen LogP contribution in [0.5, 0.6) is 5.75 Å². The van der Waals surface area contributed by atoms with Gasteiger partial charge in [-0.05, 0) is 72.7 Å². The van der Waals surface area contributed by atoms with Gasteiger partial charge in [0, 0.05) is 6.04 Å². The molecule has 0 amide bonds. The van der Waals surface area contributed by atoms with E-state index in [1.54, 1.807) is 25.3 Å². The van der Waals surface area contributed by atoms with Crippen molar-refractivity contribution in [2.75, 3.05) is 7.11 Å². The van der Waals surface area contributed by atoms with Gasteiger partial charge in [0.1, 0.15) is 5.75 Å². The van der Waals surface area contributed by atoms with E-state index in [0.29, 0.717) is 5.75 Å². The van der Waals surface area contributed by atoms with Gasteiger partial charge in [0.25, 0.3) is 0 Å². The Morgan fingerprint density at radius 3 is 2.39 bits per heavy atom. The van der Waals surface area contributed by atoms with Crippen molar-refractivity contribution in [3.63, 3.8) is 0 Å². The van der Waals surface area contributed by atoms with Crippen LogP contribution in [0.3, 0.4) is 0 Å². The molecular weight excluding hydrogens is 425 g/mol. The summed E-state index contributed by atoms with van der Waals surface area (Å²) in [6.07, 6.45) is 0. The summed E-state index contributed by atoms with van der Waals surface area (Å²) in [4.78, 5) is 0.235. The molecule has 124 valence electrons. The number of hydrogen-bond donors (Lipinski definition) is 1. The maximum absolute atomic E-state index is 12.6. The van der Waals surface area contributed by atoms with E-state index in [4.69, 9.17) is 4.74 Å². The van der Waals surface area contributed by atoms with Gasteiger partial charge in [-0.3, -0.25) is 0 Å². The van der Waals surface area contributed by atoms with Crippen LogP contribution >= 0.6 is 22.6 Å². The van der Waals surface area contributed by atoms with E-state index in [-0.39, 0.29) is 10.9 Å². The molecule has 0 aliphatic heterocycles. The molecule has 4 nitrogen and oxygen atoms in total. The lowest BCUT2D eigenvalue weighted by atomic mass is 10.0. The quantitative estimate of drug-likeness (QED) is 0.710. The first-order valence-corrected chi connectivity index (χ1v) is 9.74. The van der Waals surface area contributed by atoms with E-state index < -0.39 is 10.0 Å². The van der Waals surface area contributed by atoms with Gasteiger partial charge in [-0.15, -0.1) is 0 Å². The second-order valence-electron chi connectivity index (χ2n) is 5.50. The van der Waals surface area contributed by atoms with E-state index in [9.17, 15) is 8.42 Å². The lowest BCUT2D eigenvalue weighted by Gasteiger charge is -2.17. The van der Waals surface area contributed by atoms with E-state index in [0.717, 1.165) is 20.3 Å². The molecule has 0 aliphatic rings. The van der Waals surface area contributed by atoms with Crippen LogP contribution < -0.4 is 9.46 Å². The highest BCUT2D eigenvalue weighted by Crippen LogP contribution is 2.25. The van der Waals surface area contributed by atoms with Crippen molar-refractivity contribution in [1.29, 1.82) is 0 Å². The molecule has 1 N–H and O–H groups in total. The molecule has 0 aliphatic carbocycles. The molecule has 2 aromatic rings. The summed E-state index contributed by atoms with van der Waals surface area (Å²) in [6.45, 7) is 5.86. The zero-order valence-electron chi connectivity index (χ0n) is 13.6. The molecule has 0 fully saturated rings. The highest BCUT2D eigenvalue weighted by atomic mass is 127. The summed E-state index contributed by atoms with van der Waals surface area (Å²) in [6, 6.07) is 10.5. The predicted molar refractivity (Wildman–Crippen MR) is 100 cm³/mol. The molecule has 0 heterocycles. The Balaban J connectivity index is 2.28. The van der Waals surface area contributed by atoms with Crippen molar-refractivity contribution in [1.82, 2.24) is 4.72 Å². The lowest BCUT2D eigenvalue weighted by Crippen LogP contribution is -2.27. The summed E-state index contributed by atoms with van der Waals surface area (Å²) in [5, 5.41) is 0. The molecule has 2 aromatic carbocycles. The van der Waals surface area contributed by atoms with Crippen LogP contribution in [0.1, 0.15) is 29.7 Å². The molecule has 0 unspecified atom stereocenters. The Labute approximate surface area is 151 Å². The van der Waals surface area contributed by atoms with E-state index in [2.05, 4.69) is 33.4 Å². The molecule has 0 radical (unpaired) electrons. The number of nitrogens with one attached hydrogen (secondary N) is 1. The monoisotopic (exact) mass is 445 g/mol. The number of aryl methyl sites for hydroxylation is 2. The fraction of sp³-hybridized carbons (Fsp3) is 0.294. The van der Waals surface area contributed by atoms with Gasteiger partial charge < -0.3 is 4.74 Å². The molecular formula is C17H20INO3S. The number of benzene rings is 2. The number of hydrogen-bond acceptors (Lipinski definition) is 3. The topological polar surface area (TPSA) is 55.4 Å². The van der Waals surface area contributed by atoms with Gasteiger partial charge >= 0.3 is 0 Å². The number of sulfonamides is 1. The second-order valence-corrected chi connectivity index (χ2v) is 8.38. The molecule has 1 atom stereocenters. The molecule has 6 heteroatoms. The SMILES string of the molecule is COc1ccc(S(=O)(=O)N[C@@H](C)c2ccc(C)cc2C)cc1I. The highest BCUT2D eigenvalue weighted by molar-refractivity contribution is 14.1. The Morgan fingerprint density at radius 1 is 1.13 bits per heavy atom. The van der Waals surface area contributed by atoms with Crippen molar-refractivity contribution in [3.05, 3.63) is 56.7 Å². The molecule has 0 saturated carbocycles. The fourth-order valence-corrected chi connectivity index (χ4v) is 4.69. The minimum atomic E-state index is -3.59. The van der Waals surface area contributed by atoms with Crippen LogP contribution in [0.2, 0.25) is 0 Å². The van der Waals surface area contributed by atoms with Crippen LogP contribution in [0, 0.1) is 17.4 Å². The first kappa shape index (κ1) is 18.2. The third-order valence-electron chi connectivity index (χ3n) is 3.66. The van der Waals surface area contributed by atoms with Gasteiger partial charge in [0.2, 0.25) is 10.0 Å². The predicted octanol–water partition coefficient (Wildman–Crippen LogP) is 3.96. The fourth-order valence-electron chi connectivity index (χ4n) is 2.49. The lowest BCUT2D eigenvalue weighted by molar-refractivity contribution is 0.411. The summed E-state index contributed by atoms with van der Waals surface area (Å²) in [7, 11) is -2.03. The van der Waals surface area contributed by atoms with Crippen LogP contribution in [-0.2, 0) is 10.0 Å². The average molecular weight is 445 g/mol. The summed E-state index contributed by atoms with van der Waals surface area (Å²) >= 11 is 2.06. The molecule has 0 bridgehead atoms. The minimum Gasteiger partial charge on any atom is -0.496 e. The van der Waals surface area contributed by atoms with Crippen LogP contribution in [-0.4, -0.2) is 15.5 Å². The molecule has 23 heavy (non-hydrogen) atoms. The van der Waals surface area contributed by atoms with Gasteiger partial charge in [-0.2, -0.15) is 0 Å². The zero-order valence-corrected chi connectivity index (χ0v) is 16.5. The smallest absolute Gasteiger partial charge is 0.241 e. The normalized spacial score (nSPS) is 12.9. The minimum absolute atomic E-state index is 0.235. The Hall–Kier alpha value is -1.12. The van der Waals surface area contributed by atoms with Crippen molar-refractivity contribution >= 4 is 32.6 Å². The standard InChI is InChI=1S/C17H20INO3S/c1-11-5-7-15(12(2)9-11)13(3)19-23(20,21)14-6-8-17(22-4)16(18)10-14/h5-10,13,19H,1-4H3/t13-/m0/s1. The van der Waals surface area contributed by atoms with Crippen LogP contribution in [0.25, 0.3) is 0 Å². The van der Waals surface area contributed by atoms with Crippen LogP contribution in [0.15, 0.2) is 41.3 Å². The third kappa shape index (κ3) is 4.24. The van der Waals surface area contributed by atoms with Crippen molar-refractivity contribution in [2.45, 2.75) is 31.7 Å². The second kappa shape index (κ2) is 7.19. The summed E-state index contributed by atoms with van der Waals surface area (Å²) in [5.41, 5.74) is 3.21. The van der Waals surface area contributed by atoms with Gasteiger partial charge in [-0.1, -0.05) is 23.8 Å². The van der Waals surface area contributed by atoms with Gasteiger partial charge in [0.05, 0.1) is 15.6 Å². The summed E-state index contributed by atoms with van der Waals surface area (Å²) < 4.78 is 33.8. The number of methoxy groups -OCH3 is 1. The molecule has 0 spiro atoms. The van der Waals surface area contributed by atoms with Gasteiger partial charge in [0.15, 0.2) is 0 Å². The van der Waals surface area contributed by atoms with E-state index in [1.165, 1.54) is 0 Å². The average Bonchev–Trinajstić information content (AvgIpc) is 2.46. The van der Waals surface area contributed by atoms with Crippen molar-refractivity contribution in [3.8, 4) is 5.75 Å². The van der Waals surface area contributed by atoms with Crippen molar-refractivity contribution < 1.29 is 13.2 Å². The van der Waals surface area contributed by atoms with E-state index in [1.807, 2.05) is 32.9 Å². The third-order valence-corrected chi connectivity index (χ3v) is 6.04. The maximum atomic E-state index is 12.6. The number of ether oxygens (including phenoxy) is 1. The maximum Gasteiger partial charge on any atom is 0.241 e. The number of rotatable bonds is 5. The largest absolute Gasteiger partial charge is 0.496 e. The summed E-state index contributed by atoms with van der Waals surface area (Å²) in [5.74, 6) is 0.659. The first-order chi connectivity index (χ1) is 10.7. The van der Waals surface area contributed by atoms with Crippen molar-refractivity contribution in [2.24, 2.45) is 0 Å².